The van der Waals surface area contributed by atoms with Crippen molar-refractivity contribution >= 4 is 18.2 Å². The molecule has 0 aliphatic carbocycles. The van der Waals surface area contributed by atoms with Crippen LogP contribution in [0.3, 0.4) is 0 Å². The molecular formula is C6H8O4. The van der Waals surface area contributed by atoms with Crippen LogP contribution in [0.2, 0.25) is 0 Å². The monoisotopic (exact) mass is 144 g/mol. The molecule has 0 radical (unpaired) electrons. The summed E-state index contributed by atoms with van der Waals surface area (Å²) in [4.78, 5) is 30.3. The highest BCUT2D eigenvalue weighted by molar-refractivity contribution is 5.91. The topological polar surface area (TPSA) is 60.4 Å². The van der Waals surface area contributed by atoms with Gasteiger partial charge in [0.2, 0.25) is 0 Å². The molecule has 4 heteroatoms. The van der Waals surface area contributed by atoms with Crippen molar-refractivity contribution in [2.45, 2.75) is 19.8 Å². The summed E-state index contributed by atoms with van der Waals surface area (Å²) in [6, 6.07) is 0. The van der Waals surface area contributed by atoms with Gasteiger partial charge in [-0.2, -0.15) is 0 Å². The van der Waals surface area contributed by atoms with Crippen molar-refractivity contribution in [3.63, 3.8) is 0 Å². The van der Waals surface area contributed by atoms with Gasteiger partial charge in [0.05, 0.1) is 0 Å². The van der Waals surface area contributed by atoms with Gasteiger partial charge in [-0.15, -0.1) is 0 Å². The molecule has 0 spiro atoms. The first-order valence-corrected chi connectivity index (χ1v) is 2.87. The van der Waals surface area contributed by atoms with Crippen LogP contribution in [-0.2, 0) is 19.1 Å². The molecule has 0 atom stereocenters. The molecule has 4 nitrogen and oxygen atoms in total. The second-order valence-electron chi connectivity index (χ2n) is 1.57. The zero-order valence-corrected chi connectivity index (χ0v) is 5.62. The first kappa shape index (κ1) is 8.81. The number of carbonyl (C=O) groups is 3. The first-order valence-electron chi connectivity index (χ1n) is 2.87. The van der Waals surface area contributed by atoms with Crippen molar-refractivity contribution in [2.75, 3.05) is 0 Å². The van der Waals surface area contributed by atoms with E-state index in [9.17, 15) is 14.4 Å². The Kier molecular flexibility index (Phi) is 4.11. The molecule has 0 N–H and O–H groups in total. The zero-order valence-electron chi connectivity index (χ0n) is 5.62. The number of hydrogen-bond donors (Lipinski definition) is 0. The van der Waals surface area contributed by atoms with Gasteiger partial charge in [0.15, 0.2) is 0 Å². The summed E-state index contributed by atoms with van der Waals surface area (Å²) in [5, 5.41) is 0. The van der Waals surface area contributed by atoms with E-state index >= 15 is 0 Å². The van der Waals surface area contributed by atoms with Gasteiger partial charge in [-0.1, -0.05) is 6.92 Å². The summed E-state index contributed by atoms with van der Waals surface area (Å²) >= 11 is 0. The summed E-state index contributed by atoms with van der Waals surface area (Å²) in [6.45, 7) is 1.57. The maximum absolute atomic E-state index is 10.3. The Labute approximate surface area is 58.2 Å². The lowest BCUT2D eigenvalue weighted by molar-refractivity contribution is -0.159. The fourth-order valence-electron chi connectivity index (χ4n) is 0.309. The minimum absolute atomic E-state index is 0.143. The van der Waals surface area contributed by atoms with Crippen LogP contribution in [0.1, 0.15) is 19.8 Å². The Hall–Kier alpha value is -1.19. The molecule has 0 aromatic heterocycles. The largest absolute Gasteiger partial charge is 0.393 e. The Morgan fingerprint density at radius 1 is 1.40 bits per heavy atom. The van der Waals surface area contributed by atoms with Crippen LogP contribution >= 0.6 is 0 Å². The van der Waals surface area contributed by atoms with Gasteiger partial charge >= 0.3 is 11.9 Å². The molecule has 0 saturated carbocycles. The van der Waals surface area contributed by atoms with Gasteiger partial charge in [0, 0.05) is 6.42 Å². The number of ether oxygens (including phenoxy) is 1. The third kappa shape index (κ3) is 3.77. The van der Waals surface area contributed by atoms with E-state index in [-0.39, 0.29) is 12.8 Å². The molecule has 0 fully saturated rings. The van der Waals surface area contributed by atoms with Crippen LogP contribution in [0.15, 0.2) is 0 Å². The summed E-state index contributed by atoms with van der Waals surface area (Å²) < 4.78 is 4.13. The van der Waals surface area contributed by atoms with Gasteiger partial charge in [0.1, 0.15) is 12.7 Å². The summed E-state index contributed by atoms with van der Waals surface area (Å²) in [6.07, 6.45) is 0.182. The Morgan fingerprint density at radius 2 is 2.00 bits per heavy atom. The van der Waals surface area contributed by atoms with Crippen LogP contribution in [0, 0.1) is 0 Å². The minimum Gasteiger partial charge on any atom is -0.393 e. The van der Waals surface area contributed by atoms with Crippen LogP contribution in [0.4, 0.5) is 0 Å². The second-order valence-corrected chi connectivity index (χ2v) is 1.57. The van der Waals surface area contributed by atoms with E-state index in [1.165, 1.54) is 0 Å². The lowest BCUT2D eigenvalue weighted by Gasteiger charge is -1.94. The number of aldehydes is 1. The van der Waals surface area contributed by atoms with Crippen LogP contribution < -0.4 is 0 Å². The maximum atomic E-state index is 10.3. The SMILES string of the molecule is CCC(=O)OC(=O)CC=O. The van der Waals surface area contributed by atoms with E-state index in [1.807, 2.05) is 0 Å². The first-order chi connectivity index (χ1) is 4.70. The van der Waals surface area contributed by atoms with E-state index in [2.05, 4.69) is 4.74 Å². The molecule has 0 aliphatic rings. The fraction of sp³-hybridized carbons (Fsp3) is 0.500. The van der Waals surface area contributed by atoms with Gasteiger partial charge in [-0.3, -0.25) is 9.59 Å². The third-order valence-corrected chi connectivity index (χ3v) is 0.766. The lowest BCUT2D eigenvalue weighted by Crippen LogP contribution is -2.10. The van der Waals surface area contributed by atoms with Crippen LogP contribution in [-0.4, -0.2) is 18.2 Å². The molecule has 0 aliphatic heterocycles. The molecule has 0 unspecified atom stereocenters. The quantitative estimate of drug-likeness (QED) is 0.319. The zero-order chi connectivity index (χ0) is 7.98. The van der Waals surface area contributed by atoms with E-state index in [0.717, 1.165) is 0 Å². The number of esters is 2. The Morgan fingerprint density at radius 3 is 2.40 bits per heavy atom. The van der Waals surface area contributed by atoms with Gasteiger partial charge in [-0.25, -0.2) is 0 Å². The predicted molar refractivity (Wildman–Crippen MR) is 32.1 cm³/mol. The van der Waals surface area contributed by atoms with E-state index < -0.39 is 11.9 Å². The van der Waals surface area contributed by atoms with Crippen molar-refractivity contribution in [1.29, 1.82) is 0 Å². The van der Waals surface area contributed by atoms with Crippen molar-refractivity contribution in [3.05, 3.63) is 0 Å². The van der Waals surface area contributed by atoms with Crippen molar-refractivity contribution in [1.82, 2.24) is 0 Å². The molecule has 56 valence electrons. The number of hydrogen-bond acceptors (Lipinski definition) is 4. The Bertz CT molecular complexity index is 150. The highest BCUT2D eigenvalue weighted by Gasteiger charge is 2.05. The molecule has 0 aromatic carbocycles. The highest BCUT2D eigenvalue weighted by Crippen LogP contribution is 1.87. The second kappa shape index (κ2) is 4.67. The fourth-order valence-corrected chi connectivity index (χ4v) is 0.309. The van der Waals surface area contributed by atoms with Gasteiger partial charge < -0.3 is 9.53 Å². The molecule has 10 heavy (non-hydrogen) atoms. The minimum atomic E-state index is -0.790. The molecular weight excluding hydrogens is 136 g/mol. The maximum Gasteiger partial charge on any atom is 0.320 e. The van der Waals surface area contributed by atoms with Crippen molar-refractivity contribution in [2.24, 2.45) is 0 Å². The third-order valence-electron chi connectivity index (χ3n) is 0.766. The normalized spacial score (nSPS) is 8.50. The average Bonchev–Trinajstić information content (AvgIpc) is 1.88. The standard InChI is InChI=1S/C6H8O4/c1-2-5(8)10-6(9)3-4-7/h4H,2-3H2,1H3. The number of rotatable bonds is 3. The van der Waals surface area contributed by atoms with E-state index in [0.29, 0.717) is 6.29 Å². The molecule has 0 heterocycles. The number of carbonyl (C=O) groups excluding carboxylic acids is 3. The van der Waals surface area contributed by atoms with E-state index in [1.54, 1.807) is 6.92 Å². The Balaban J connectivity index is 3.57. The highest BCUT2D eigenvalue weighted by atomic mass is 16.6. The molecule has 0 aromatic rings. The van der Waals surface area contributed by atoms with E-state index in [4.69, 9.17) is 0 Å². The lowest BCUT2D eigenvalue weighted by atomic mass is 10.5. The molecule has 0 amide bonds. The summed E-state index contributed by atoms with van der Waals surface area (Å²) in [7, 11) is 0. The van der Waals surface area contributed by atoms with Crippen molar-refractivity contribution < 1.29 is 19.1 Å². The predicted octanol–water partition coefficient (Wildman–Crippen LogP) is 0.0552. The smallest absolute Gasteiger partial charge is 0.320 e. The van der Waals surface area contributed by atoms with Crippen molar-refractivity contribution in [3.8, 4) is 0 Å². The molecule has 0 rings (SSSR count). The van der Waals surface area contributed by atoms with Gasteiger partial charge in [-0.05, 0) is 0 Å². The van der Waals surface area contributed by atoms with Crippen LogP contribution in [0.25, 0.3) is 0 Å². The summed E-state index contributed by atoms with van der Waals surface area (Å²) in [5.41, 5.74) is 0. The van der Waals surface area contributed by atoms with Gasteiger partial charge in [0.25, 0.3) is 0 Å². The molecule has 0 saturated heterocycles. The van der Waals surface area contributed by atoms with Crippen LogP contribution in [0.5, 0.6) is 0 Å². The average molecular weight is 144 g/mol. The molecule has 0 bridgehead atoms. The summed E-state index contributed by atoms with van der Waals surface area (Å²) in [5.74, 6) is -1.39.